The van der Waals surface area contributed by atoms with Gasteiger partial charge < -0.3 is 11.1 Å². The predicted octanol–water partition coefficient (Wildman–Crippen LogP) is -1.53. The van der Waals surface area contributed by atoms with Gasteiger partial charge in [-0.05, 0) is 6.92 Å². The highest BCUT2D eigenvalue weighted by atomic mass is 32.2. The van der Waals surface area contributed by atoms with E-state index in [-0.39, 0.29) is 17.3 Å². The van der Waals surface area contributed by atoms with E-state index in [9.17, 15) is 13.2 Å². The SMILES string of the molecule is CC(C(N)=S)S(=O)(=O)NC1CNC(=O)C1. The fourth-order valence-electron chi connectivity index (χ4n) is 1.18. The summed E-state index contributed by atoms with van der Waals surface area (Å²) in [5, 5.41) is 1.60. The van der Waals surface area contributed by atoms with Crippen LogP contribution in [0.1, 0.15) is 13.3 Å². The summed E-state index contributed by atoms with van der Waals surface area (Å²) >= 11 is 4.61. The van der Waals surface area contributed by atoms with Crippen molar-refractivity contribution in [2.45, 2.75) is 24.6 Å². The van der Waals surface area contributed by atoms with E-state index in [1.807, 2.05) is 0 Å². The molecule has 6 nitrogen and oxygen atoms in total. The van der Waals surface area contributed by atoms with E-state index in [2.05, 4.69) is 22.3 Å². The van der Waals surface area contributed by atoms with E-state index in [0.29, 0.717) is 6.54 Å². The molecule has 2 unspecified atom stereocenters. The molecule has 0 radical (unpaired) electrons. The fourth-order valence-corrected chi connectivity index (χ4v) is 2.70. The quantitative estimate of drug-likeness (QED) is 0.526. The van der Waals surface area contributed by atoms with Crippen molar-refractivity contribution in [3.05, 3.63) is 0 Å². The zero-order chi connectivity index (χ0) is 11.6. The first-order valence-corrected chi connectivity index (χ1v) is 6.35. The van der Waals surface area contributed by atoms with Crippen LogP contribution in [0.25, 0.3) is 0 Å². The summed E-state index contributed by atoms with van der Waals surface area (Å²) in [5.74, 6) is -0.161. The van der Waals surface area contributed by atoms with Crippen LogP contribution in [-0.4, -0.2) is 37.2 Å². The van der Waals surface area contributed by atoms with Gasteiger partial charge in [0.1, 0.15) is 5.25 Å². The predicted molar refractivity (Wildman–Crippen MR) is 59.7 cm³/mol. The van der Waals surface area contributed by atoms with Gasteiger partial charge in [0.2, 0.25) is 15.9 Å². The number of nitrogens with two attached hydrogens (primary N) is 1. The minimum absolute atomic E-state index is 0.0835. The molecule has 8 heteroatoms. The highest BCUT2D eigenvalue weighted by molar-refractivity contribution is 7.93. The molecule has 4 N–H and O–H groups in total. The second kappa shape index (κ2) is 4.42. The van der Waals surface area contributed by atoms with Gasteiger partial charge >= 0.3 is 0 Å². The minimum atomic E-state index is -3.57. The average Bonchev–Trinajstić information content (AvgIpc) is 2.48. The Kier molecular flexibility index (Phi) is 3.63. The number of amides is 1. The highest BCUT2D eigenvalue weighted by Gasteiger charge is 2.30. The molecule has 1 saturated heterocycles. The summed E-state index contributed by atoms with van der Waals surface area (Å²) in [4.78, 5) is 10.8. The third kappa shape index (κ3) is 3.11. The molecule has 1 amide bonds. The van der Waals surface area contributed by atoms with Gasteiger partial charge in [-0.15, -0.1) is 0 Å². The van der Waals surface area contributed by atoms with E-state index in [4.69, 9.17) is 5.73 Å². The normalized spacial score (nSPS) is 23.5. The van der Waals surface area contributed by atoms with Crippen LogP contribution in [0.2, 0.25) is 0 Å². The second-order valence-electron chi connectivity index (χ2n) is 3.41. The summed E-state index contributed by atoms with van der Waals surface area (Å²) in [6, 6.07) is -0.403. The molecule has 1 rings (SSSR count). The van der Waals surface area contributed by atoms with E-state index in [0.717, 1.165) is 0 Å². The lowest BCUT2D eigenvalue weighted by atomic mass is 10.3. The van der Waals surface area contributed by atoms with Gasteiger partial charge in [0.05, 0.1) is 4.99 Å². The Morgan fingerprint density at radius 2 is 2.33 bits per heavy atom. The van der Waals surface area contributed by atoms with Gasteiger partial charge in [0.25, 0.3) is 0 Å². The summed E-state index contributed by atoms with van der Waals surface area (Å²) in [6.45, 7) is 1.72. The Labute approximate surface area is 93.6 Å². The van der Waals surface area contributed by atoms with Crippen molar-refractivity contribution in [2.75, 3.05) is 6.54 Å². The zero-order valence-electron chi connectivity index (χ0n) is 8.19. The molecule has 0 aromatic carbocycles. The van der Waals surface area contributed by atoms with Crippen molar-refractivity contribution in [2.24, 2.45) is 5.73 Å². The molecule has 15 heavy (non-hydrogen) atoms. The smallest absolute Gasteiger partial charge is 0.221 e. The molecule has 1 aliphatic rings. The lowest BCUT2D eigenvalue weighted by molar-refractivity contribution is -0.119. The van der Waals surface area contributed by atoms with E-state index >= 15 is 0 Å². The molecule has 0 spiro atoms. The maximum absolute atomic E-state index is 11.6. The topological polar surface area (TPSA) is 101 Å². The van der Waals surface area contributed by atoms with Gasteiger partial charge in [0.15, 0.2) is 0 Å². The highest BCUT2D eigenvalue weighted by Crippen LogP contribution is 2.05. The Balaban J connectivity index is 2.64. The Morgan fingerprint density at radius 3 is 2.73 bits per heavy atom. The molecule has 0 aliphatic carbocycles. The third-order valence-electron chi connectivity index (χ3n) is 2.17. The molecule has 0 saturated carbocycles. The van der Waals surface area contributed by atoms with Crippen LogP contribution in [0.4, 0.5) is 0 Å². The third-order valence-corrected chi connectivity index (χ3v) is 4.52. The van der Waals surface area contributed by atoms with Crippen molar-refractivity contribution in [3.63, 3.8) is 0 Å². The lowest BCUT2D eigenvalue weighted by Gasteiger charge is -2.15. The van der Waals surface area contributed by atoms with Crippen LogP contribution in [0.3, 0.4) is 0 Å². The zero-order valence-corrected chi connectivity index (χ0v) is 9.82. The summed E-state index contributed by atoms with van der Waals surface area (Å²) in [7, 11) is -3.57. The first-order chi connectivity index (χ1) is 6.83. The van der Waals surface area contributed by atoms with Gasteiger partial charge in [-0.1, -0.05) is 12.2 Å². The van der Waals surface area contributed by atoms with Crippen molar-refractivity contribution in [1.29, 1.82) is 0 Å². The number of sulfonamides is 1. The molecule has 1 heterocycles. The van der Waals surface area contributed by atoms with Crippen LogP contribution in [0.15, 0.2) is 0 Å². The molecule has 2 atom stereocenters. The molecule has 86 valence electrons. The van der Waals surface area contributed by atoms with Crippen LogP contribution in [-0.2, 0) is 14.8 Å². The van der Waals surface area contributed by atoms with Crippen LogP contribution >= 0.6 is 12.2 Å². The number of hydrogen-bond donors (Lipinski definition) is 3. The number of rotatable bonds is 4. The molecule has 1 aliphatic heterocycles. The first kappa shape index (κ1) is 12.3. The molecular weight excluding hydrogens is 238 g/mol. The number of nitrogens with one attached hydrogen (secondary N) is 2. The summed E-state index contributed by atoms with van der Waals surface area (Å²) < 4.78 is 25.6. The lowest BCUT2D eigenvalue weighted by Crippen LogP contribution is -2.45. The van der Waals surface area contributed by atoms with E-state index in [1.165, 1.54) is 6.92 Å². The number of hydrogen-bond acceptors (Lipinski definition) is 4. The standard InChI is InChI=1S/C7H13N3O3S2/c1-4(7(8)14)15(12,13)10-5-2-6(11)9-3-5/h4-5,10H,2-3H2,1H3,(H2,8,14)(H,9,11). The number of carbonyl (C=O) groups is 1. The van der Waals surface area contributed by atoms with Gasteiger partial charge in [-0.2, -0.15) is 0 Å². The number of carbonyl (C=O) groups excluding carboxylic acids is 1. The van der Waals surface area contributed by atoms with E-state index < -0.39 is 21.3 Å². The Morgan fingerprint density at radius 1 is 1.73 bits per heavy atom. The Bertz CT molecular complexity index is 379. The summed E-state index contributed by atoms with van der Waals surface area (Å²) in [6.07, 6.45) is 0.156. The number of thiocarbonyl (C=S) groups is 1. The van der Waals surface area contributed by atoms with Gasteiger partial charge in [-0.3, -0.25) is 4.79 Å². The minimum Gasteiger partial charge on any atom is -0.392 e. The van der Waals surface area contributed by atoms with Crippen molar-refractivity contribution < 1.29 is 13.2 Å². The van der Waals surface area contributed by atoms with Gasteiger partial charge in [0, 0.05) is 19.0 Å². The molecule has 0 aromatic heterocycles. The van der Waals surface area contributed by atoms with Crippen LogP contribution < -0.4 is 15.8 Å². The molecular formula is C7H13N3O3S2. The Hall–Kier alpha value is -0.730. The average molecular weight is 251 g/mol. The molecule has 0 bridgehead atoms. The maximum Gasteiger partial charge on any atom is 0.221 e. The summed E-state index contributed by atoms with van der Waals surface area (Å²) in [5.41, 5.74) is 5.25. The fraction of sp³-hybridized carbons (Fsp3) is 0.714. The van der Waals surface area contributed by atoms with Crippen LogP contribution in [0.5, 0.6) is 0 Å². The van der Waals surface area contributed by atoms with Gasteiger partial charge in [-0.25, -0.2) is 13.1 Å². The first-order valence-electron chi connectivity index (χ1n) is 4.40. The monoisotopic (exact) mass is 251 g/mol. The second-order valence-corrected chi connectivity index (χ2v) is 5.92. The van der Waals surface area contributed by atoms with Crippen molar-refractivity contribution in [3.8, 4) is 0 Å². The maximum atomic E-state index is 11.6. The van der Waals surface area contributed by atoms with Crippen molar-refractivity contribution >= 4 is 33.1 Å². The molecule has 0 aromatic rings. The molecule has 1 fully saturated rings. The van der Waals surface area contributed by atoms with Crippen LogP contribution in [0, 0.1) is 0 Å². The van der Waals surface area contributed by atoms with Crippen molar-refractivity contribution in [1.82, 2.24) is 10.0 Å². The largest absolute Gasteiger partial charge is 0.392 e. The van der Waals surface area contributed by atoms with E-state index in [1.54, 1.807) is 0 Å².